The summed E-state index contributed by atoms with van der Waals surface area (Å²) in [5, 5.41) is 20.0. The molecule has 0 aliphatic carbocycles. The van der Waals surface area contributed by atoms with E-state index < -0.39 is 5.91 Å². The van der Waals surface area contributed by atoms with Crippen molar-refractivity contribution >= 4 is 44.1 Å². The molecule has 3 heterocycles. The summed E-state index contributed by atoms with van der Waals surface area (Å²) in [6.45, 7) is 2.52. The third kappa shape index (κ3) is 5.08. The van der Waals surface area contributed by atoms with Gasteiger partial charge in [0.15, 0.2) is 5.69 Å². The number of amides is 1. The fourth-order valence-electron chi connectivity index (χ4n) is 4.39. The lowest BCUT2D eigenvalue weighted by atomic mass is 10.2. The molecule has 1 N–H and O–H groups in total. The number of carbonyl (C=O) groups is 1. The average molecular weight is 514 g/mol. The van der Waals surface area contributed by atoms with Crippen LogP contribution < -0.4 is 5.56 Å². The number of thiophene rings is 1. The molecule has 0 radical (unpaired) electrons. The Kier molecular flexibility index (Phi) is 7.23. The molecule has 2 aromatic carbocycles. The van der Waals surface area contributed by atoms with Gasteiger partial charge in [-0.3, -0.25) is 14.2 Å². The molecule has 37 heavy (non-hydrogen) atoms. The van der Waals surface area contributed by atoms with Crippen LogP contribution in [0, 0.1) is 0 Å². The van der Waals surface area contributed by atoms with Crippen molar-refractivity contribution in [3.8, 4) is 16.3 Å². The molecule has 9 heteroatoms. The molecule has 0 saturated heterocycles. The highest BCUT2D eigenvalue weighted by Crippen LogP contribution is 2.39. The number of rotatable bonds is 9. The van der Waals surface area contributed by atoms with Gasteiger partial charge in [0, 0.05) is 16.8 Å². The number of unbranched alkanes of at least 4 members (excludes halogenated alkanes) is 3. The van der Waals surface area contributed by atoms with Crippen molar-refractivity contribution in [2.24, 2.45) is 10.2 Å². The second-order valence-corrected chi connectivity index (χ2v) is 9.90. The van der Waals surface area contributed by atoms with Crippen LogP contribution >= 0.6 is 11.3 Å². The standard InChI is InChI=1S/C28H27N5O3S/c1-2-3-4-10-15-33-22-14-9-8-13-20(22)25(28(33)36)31-30-24(34)17-32-18-29-26-21(27(32)35)16-23(37-26)19-11-6-5-7-12-19/h5-9,11-14,16,18,36H,2-4,10,15,17H2,1H3. The number of aromatic hydroxyl groups is 1. The normalized spacial score (nSPS) is 11.7. The Balaban J connectivity index is 1.37. The number of fused-ring (bicyclic) bond motifs is 2. The number of carbonyl (C=O) groups excluding carboxylic acids is 1. The predicted molar refractivity (Wildman–Crippen MR) is 147 cm³/mol. The topological polar surface area (TPSA) is 102 Å². The van der Waals surface area contributed by atoms with E-state index in [1.54, 1.807) is 6.07 Å². The molecule has 0 saturated carbocycles. The van der Waals surface area contributed by atoms with Gasteiger partial charge in [-0.25, -0.2) is 4.98 Å². The van der Waals surface area contributed by atoms with Gasteiger partial charge in [-0.2, -0.15) is 0 Å². The largest absolute Gasteiger partial charge is 0.493 e. The Hall–Kier alpha value is -4.11. The van der Waals surface area contributed by atoms with Crippen molar-refractivity contribution < 1.29 is 9.90 Å². The molecule has 0 fully saturated rings. The highest BCUT2D eigenvalue weighted by molar-refractivity contribution is 7.21. The summed E-state index contributed by atoms with van der Waals surface area (Å²) >= 11 is 1.43. The summed E-state index contributed by atoms with van der Waals surface area (Å²) in [6.07, 6.45) is 5.64. The molecule has 8 nitrogen and oxygen atoms in total. The maximum Gasteiger partial charge on any atom is 0.284 e. The van der Waals surface area contributed by atoms with Gasteiger partial charge in [-0.1, -0.05) is 74.7 Å². The molecule has 5 aromatic rings. The molecule has 5 rings (SSSR count). The number of hydrogen-bond donors (Lipinski definition) is 1. The number of nitrogens with zero attached hydrogens (tertiary/aromatic N) is 5. The lowest BCUT2D eigenvalue weighted by molar-refractivity contribution is -0.118. The van der Waals surface area contributed by atoms with E-state index in [-0.39, 0.29) is 23.7 Å². The zero-order valence-electron chi connectivity index (χ0n) is 20.5. The van der Waals surface area contributed by atoms with E-state index in [4.69, 9.17) is 0 Å². The van der Waals surface area contributed by atoms with Crippen LogP contribution in [-0.2, 0) is 17.9 Å². The average Bonchev–Trinajstić information content (AvgIpc) is 3.47. The number of benzene rings is 2. The Morgan fingerprint density at radius 3 is 2.62 bits per heavy atom. The van der Waals surface area contributed by atoms with Gasteiger partial charge >= 0.3 is 0 Å². The predicted octanol–water partition coefficient (Wildman–Crippen LogP) is 6.68. The molecular formula is C28H27N5O3S. The second kappa shape index (κ2) is 10.9. The van der Waals surface area contributed by atoms with Crippen LogP contribution in [0.4, 0.5) is 5.69 Å². The Morgan fingerprint density at radius 2 is 1.81 bits per heavy atom. The summed E-state index contributed by atoms with van der Waals surface area (Å²) < 4.78 is 3.05. The van der Waals surface area contributed by atoms with Crippen molar-refractivity contribution in [2.45, 2.75) is 45.7 Å². The maximum atomic E-state index is 13.0. The highest BCUT2D eigenvalue weighted by atomic mass is 32.1. The van der Waals surface area contributed by atoms with Crippen LogP contribution in [0.25, 0.3) is 31.6 Å². The molecule has 0 unspecified atom stereocenters. The van der Waals surface area contributed by atoms with E-state index in [1.165, 1.54) is 22.2 Å². The fourth-order valence-corrected chi connectivity index (χ4v) is 5.39. The Labute approximate surface area is 217 Å². The van der Waals surface area contributed by atoms with Crippen LogP contribution in [0.3, 0.4) is 0 Å². The SMILES string of the molecule is CCCCCCn1c(O)c(N=NC(=O)Cn2cnc3sc(-c4ccccc4)cc3c2=O)c2ccccc21. The zero-order valence-corrected chi connectivity index (χ0v) is 21.3. The summed E-state index contributed by atoms with van der Waals surface area (Å²) in [5.74, 6) is -0.623. The summed E-state index contributed by atoms with van der Waals surface area (Å²) in [4.78, 5) is 31.6. The second-order valence-electron chi connectivity index (χ2n) is 8.87. The fraction of sp³-hybridized carbons (Fsp3) is 0.250. The Bertz CT molecular complexity index is 1650. The van der Waals surface area contributed by atoms with Crippen molar-refractivity contribution in [3.05, 3.63) is 77.3 Å². The summed E-state index contributed by atoms with van der Waals surface area (Å²) in [5.41, 5.74) is 1.80. The molecule has 1 amide bonds. The van der Waals surface area contributed by atoms with E-state index in [9.17, 15) is 14.7 Å². The van der Waals surface area contributed by atoms with Crippen molar-refractivity contribution in [3.63, 3.8) is 0 Å². The minimum Gasteiger partial charge on any atom is -0.493 e. The van der Waals surface area contributed by atoms with Gasteiger partial charge in [-0.05, 0) is 24.1 Å². The molecule has 0 spiro atoms. The van der Waals surface area contributed by atoms with E-state index in [0.29, 0.717) is 16.8 Å². The van der Waals surface area contributed by atoms with Crippen LogP contribution in [0.15, 0.2) is 82.0 Å². The maximum absolute atomic E-state index is 13.0. The molecule has 0 atom stereocenters. The van der Waals surface area contributed by atoms with Crippen LogP contribution in [-0.4, -0.2) is 25.1 Å². The number of aryl methyl sites for hydroxylation is 1. The summed E-state index contributed by atoms with van der Waals surface area (Å²) in [6, 6.07) is 19.1. The van der Waals surface area contributed by atoms with Crippen molar-refractivity contribution in [2.75, 3.05) is 0 Å². The highest BCUT2D eigenvalue weighted by Gasteiger charge is 2.17. The minimum absolute atomic E-state index is 0.0128. The van der Waals surface area contributed by atoms with Crippen LogP contribution in [0.5, 0.6) is 5.88 Å². The first-order valence-corrected chi connectivity index (χ1v) is 13.2. The summed E-state index contributed by atoms with van der Waals surface area (Å²) in [7, 11) is 0. The van der Waals surface area contributed by atoms with E-state index in [0.717, 1.165) is 47.0 Å². The minimum atomic E-state index is -0.610. The zero-order chi connectivity index (χ0) is 25.8. The van der Waals surface area contributed by atoms with Gasteiger partial charge in [0.1, 0.15) is 11.4 Å². The van der Waals surface area contributed by atoms with E-state index in [1.807, 2.05) is 59.2 Å². The first kappa shape index (κ1) is 24.6. The van der Waals surface area contributed by atoms with E-state index >= 15 is 0 Å². The third-order valence-electron chi connectivity index (χ3n) is 6.30. The van der Waals surface area contributed by atoms with Crippen LogP contribution in [0.1, 0.15) is 32.6 Å². The monoisotopic (exact) mass is 513 g/mol. The van der Waals surface area contributed by atoms with Crippen LogP contribution in [0.2, 0.25) is 0 Å². The lowest BCUT2D eigenvalue weighted by Crippen LogP contribution is -2.23. The molecule has 0 aliphatic heterocycles. The van der Waals surface area contributed by atoms with Gasteiger partial charge in [0.25, 0.3) is 11.5 Å². The molecule has 0 bridgehead atoms. The van der Waals surface area contributed by atoms with Gasteiger partial charge in [-0.15, -0.1) is 21.6 Å². The van der Waals surface area contributed by atoms with Crippen molar-refractivity contribution in [1.29, 1.82) is 0 Å². The van der Waals surface area contributed by atoms with Crippen molar-refractivity contribution in [1.82, 2.24) is 14.1 Å². The Morgan fingerprint density at radius 1 is 1.03 bits per heavy atom. The van der Waals surface area contributed by atoms with Gasteiger partial charge < -0.3 is 9.67 Å². The van der Waals surface area contributed by atoms with Gasteiger partial charge in [0.2, 0.25) is 5.88 Å². The number of hydrogen-bond acceptors (Lipinski definition) is 6. The third-order valence-corrected chi connectivity index (χ3v) is 7.39. The smallest absolute Gasteiger partial charge is 0.284 e. The molecule has 0 aliphatic rings. The quantitative estimate of drug-likeness (QED) is 0.175. The molecular weight excluding hydrogens is 486 g/mol. The first-order valence-electron chi connectivity index (χ1n) is 12.4. The van der Waals surface area contributed by atoms with Gasteiger partial charge in [0.05, 0.1) is 17.2 Å². The number of para-hydroxylation sites is 1. The first-order chi connectivity index (χ1) is 18.1. The number of azo groups is 1. The molecule has 188 valence electrons. The lowest BCUT2D eigenvalue weighted by Gasteiger charge is -2.06. The molecule has 3 aromatic heterocycles. The van der Waals surface area contributed by atoms with E-state index in [2.05, 4.69) is 22.1 Å². The number of aromatic nitrogens is 3.